The van der Waals surface area contributed by atoms with Gasteiger partial charge in [-0.3, -0.25) is 0 Å². The van der Waals surface area contributed by atoms with E-state index in [1.54, 1.807) is 24.3 Å². The predicted octanol–water partition coefficient (Wildman–Crippen LogP) is 2.08. The van der Waals surface area contributed by atoms with Crippen LogP contribution in [0.3, 0.4) is 0 Å². The minimum atomic E-state index is -0.495. The molecule has 1 aromatic rings. The summed E-state index contributed by atoms with van der Waals surface area (Å²) in [5.74, 6) is 0.697. The normalized spacial score (nSPS) is 10.9. The van der Waals surface area contributed by atoms with E-state index in [-0.39, 0.29) is 6.61 Å². The number of benzene rings is 1. The van der Waals surface area contributed by atoms with Crippen LogP contribution in [0.4, 0.5) is 4.79 Å². The van der Waals surface area contributed by atoms with E-state index in [1.807, 2.05) is 20.8 Å². The molecule has 0 unspecified atom stereocenters. The summed E-state index contributed by atoms with van der Waals surface area (Å²) in [6, 6.07) is 7.13. The second kappa shape index (κ2) is 6.99. The molecule has 0 aliphatic rings. The number of carbonyl (C=O) groups excluding carboxylic acids is 1. The fourth-order valence-corrected chi connectivity index (χ4v) is 1.33. The zero-order chi connectivity index (χ0) is 14.3. The molecule has 0 radical (unpaired) electrons. The smallest absolute Gasteiger partial charge is 0.407 e. The third kappa shape index (κ3) is 6.67. The summed E-state index contributed by atoms with van der Waals surface area (Å²) in [5, 5.41) is 11.5. The third-order valence-corrected chi connectivity index (χ3v) is 2.14. The summed E-state index contributed by atoms with van der Waals surface area (Å²) < 4.78 is 10.5. The van der Waals surface area contributed by atoms with Crippen LogP contribution in [0, 0.1) is 0 Å². The second-order valence-corrected chi connectivity index (χ2v) is 5.08. The molecule has 19 heavy (non-hydrogen) atoms. The van der Waals surface area contributed by atoms with Crippen LogP contribution in [0.5, 0.6) is 5.75 Å². The first-order chi connectivity index (χ1) is 8.90. The van der Waals surface area contributed by atoms with Gasteiger partial charge in [0.05, 0.1) is 13.2 Å². The fourth-order valence-electron chi connectivity index (χ4n) is 1.33. The van der Waals surface area contributed by atoms with Crippen LogP contribution in [0.15, 0.2) is 24.3 Å². The Morgan fingerprint density at radius 3 is 2.42 bits per heavy atom. The molecule has 5 nitrogen and oxygen atoms in total. The van der Waals surface area contributed by atoms with Gasteiger partial charge in [0.15, 0.2) is 0 Å². The zero-order valence-electron chi connectivity index (χ0n) is 11.6. The SMILES string of the molecule is CC(C)(C)OC(=O)NCCOc1ccc(CO)cc1. The molecule has 106 valence electrons. The summed E-state index contributed by atoms with van der Waals surface area (Å²) in [6.07, 6.45) is -0.452. The van der Waals surface area contributed by atoms with Crippen molar-refractivity contribution in [3.8, 4) is 5.75 Å². The van der Waals surface area contributed by atoms with Gasteiger partial charge in [0, 0.05) is 0 Å². The molecule has 1 aromatic carbocycles. The molecule has 0 aliphatic heterocycles. The predicted molar refractivity (Wildman–Crippen MR) is 72.1 cm³/mol. The minimum absolute atomic E-state index is 0.0144. The molecule has 0 bridgehead atoms. The number of ether oxygens (including phenoxy) is 2. The average molecular weight is 267 g/mol. The molecule has 0 saturated heterocycles. The molecule has 0 atom stereocenters. The van der Waals surface area contributed by atoms with Crippen LogP contribution in [-0.2, 0) is 11.3 Å². The lowest BCUT2D eigenvalue weighted by Gasteiger charge is -2.19. The third-order valence-electron chi connectivity index (χ3n) is 2.14. The van der Waals surface area contributed by atoms with E-state index in [0.29, 0.717) is 18.9 Å². The number of aliphatic hydroxyl groups excluding tert-OH is 1. The van der Waals surface area contributed by atoms with Crippen LogP contribution < -0.4 is 10.1 Å². The van der Waals surface area contributed by atoms with Gasteiger partial charge >= 0.3 is 6.09 Å². The van der Waals surface area contributed by atoms with E-state index in [4.69, 9.17) is 14.6 Å². The maximum absolute atomic E-state index is 11.3. The Labute approximate surface area is 113 Å². The molecule has 0 saturated carbocycles. The van der Waals surface area contributed by atoms with Crippen LogP contribution in [0.25, 0.3) is 0 Å². The number of rotatable bonds is 5. The number of aliphatic hydroxyl groups is 1. The molecule has 0 fully saturated rings. The number of carbonyl (C=O) groups is 1. The van der Waals surface area contributed by atoms with Crippen molar-refractivity contribution in [1.29, 1.82) is 0 Å². The Balaban J connectivity index is 2.21. The molecular formula is C14H21NO4. The van der Waals surface area contributed by atoms with Gasteiger partial charge in [-0.05, 0) is 38.5 Å². The van der Waals surface area contributed by atoms with E-state index in [2.05, 4.69) is 5.32 Å². The number of amides is 1. The Bertz CT molecular complexity index is 395. The first-order valence-corrected chi connectivity index (χ1v) is 6.20. The second-order valence-electron chi connectivity index (χ2n) is 5.08. The van der Waals surface area contributed by atoms with Crippen LogP contribution in [-0.4, -0.2) is 30.0 Å². The number of hydrogen-bond acceptors (Lipinski definition) is 4. The summed E-state index contributed by atoms with van der Waals surface area (Å²) in [5.41, 5.74) is 0.338. The summed E-state index contributed by atoms with van der Waals surface area (Å²) >= 11 is 0. The van der Waals surface area contributed by atoms with Crippen molar-refractivity contribution < 1.29 is 19.4 Å². The largest absolute Gasteiger partial charge is 0.492 e. The highest BCUT2D eigenvalue weighted by Gasteiger charge is 2.15. The van der Waals surface area contributed by atoms with Crippen molar-refractivity contribution in [2.45, 2.75) is 33.0 Å². The number of alkyl carbamates (subject to hydrolysis) is 1. The minimum Gasteiger partial charge on any atom is -0.492 e. The number of nitrogens with one attached hydrogen (secondary N) is 1. The first-order valence-electron chi connectivity index (χ1n) is 6.20. The van der Waals surface area contributed by atoms with Gasteiger partial charge in [-0.2, -0.15) is 0 Å². The van der Waals surface area contributed by atoms with Crippen molar-refractivity contribution in [3.05, 3.63) is 29.8 Å². The highest BCUT2D eigenvalue weighted by Crippen LogP contribution is 2.11. The highest BCUT2D eigenvalue weighted by atomic mass is 16.6. The van der Waals surface area contributed by atoms with Crippen LogP contribution in [0.1, 0.15) is 26.3 Å². The standard InChI is InChI=1S/C14H21NO4/c1-14(2,3)19-13(17)15-8-9-18-12-6-4-11(10-16)5-7-12/h4-7,16H,8-10H2,1-3H3,(H,15,17). The van der Waals surface area contributed by atoms with E-state index >= 15 is 0 Å². The molecule has 0 heterocycles. The fraction of sp³-hybridized carbons (Fsp3) is 0.500. The molecule has 0 aliphatic carbocycles. The van der Waals surface area contributed by atoms with E-state index in [1.165, 1.54) is 0 Å². The molecule has 0 aromatic heterocycles. The number of hydrogen-bond donors (Lipinski definition) is 2. The Hall–Kier alpha value is -1.75. The van der Waals surface area contributed by atoms with Crippen LogP contribution >= 0.6 is 0 Å². The molecule has 5 heteroatoms. The Kier molecular flexibility index (Phi) is 5.63. The van der Waals surface area contributed by atoms with Crippen molar-refractivity contribution in [2.24, 2.45) is 0 Å². The monoisotopic (exact) mass is 267 g/mol. The molecule has 0 spiro atoms. The zero-order valence-corrected chi connectivity index (χ0v) is 11.6. The first kappa shape index (κ1) is 15.3. The summed E-state index contributed by atoms with van der Waals surface area (Å²) in [7, 11) is 0. The topological polar surface area (TPSA) is 67.8 Å². The maximum atomic E-state index is 11.3. The Morgan fingerprint density at radius 2 is 1.89 bits per heavy atom. The van der Waals surface area contributed by atoms with Gasteiger partial charge in [0.2, 0.25) is 0 Å². The molecule has 2 N–H and O–H groups in total. The van der Waals surface area contributed by atoms with Gasteiger partial charge in [0.25, 0.3) is 0 Å². The lowest BCUT2D eigenvalue weighted by Crippen LogP contribution is -2.34. The lowest BCUT2D eigenvalue weighted by molar-refractivity contribution is 0.0520. The average Bonchev–Trinajstić information content (AvgIpc) is 2.33. The quantitative estimate of drug-likeness (QED) is 0.801. The van der Waals surface area contributed by atoms with Crippen molar-refractivity contribution in [3.63, 3.8) is 0 Å². The van der Waals surface area contributed by atoms with E-state index < -0.39 is 11.7 Å². The molecule has 1 rings (SSSR count). The summed E-state index contributed by atoms with van der Waals surface area (Å²) in [4.78, 5) is 11.3. The maximum Gasteiger partial charge on any atom is 0.407 e. The molecule has 1 amide bonds. The van der Waals surface area contributed by atoms with Crippen molar-refractivity contribution in [2.75, 3.05) is 13.2 Å². The van der Waals surface area contributed by atoms with E-state index in [9.17, 15) is 4.79 Å². The van der Waals surface area contributed by atoms with Gasteiger partial charge in [-0.1, -0.05) is 12.1 Å². The van der Waals surface area contributed by atoms with Crippen molar-refractivity contribution >= 4 is 6.09 Å². The molecular weight excluding hydrogens is 246 g/mol. The van der Waals surface area contributed by atoms with Gasteiger partial charge in [0.1, 0.15) is 18.0 Å². The Morgan fingerprint density at radius 1 is 1.26 bits per heavy atom. The van der Waals surface area contributed by atoms with E-state index in [0.717, 1.165) is 5.56 Å². The summed E-state index contributed by atoms with van der Waals surface area (Å²) in [6.45, 7) is 6.18. The van der Waals surface area contributed by atoms with Gasteiger partial charge in [-0.25, -0.2) is 4.79 Å². The van der Waals surface area contributed by atoms with Gasteiger partial charge < -0.3 is 19.9 Å². The van der Waals surface area contributed by atoms with Crippen molar-refractivity contribution in [1.82, 2.24) is 5.32 Å². The lowest BCUT2D eigenvalue weighted by atomic mass is 10.2. The van der Waals surface area contributed by atoms with Gasteiger partial charge in [-0.15, -0.1) is 0 Å². The highest BCUT2D eigenvalue weighted by molar-refractivity contribution is 5.67. The van der Waals surface area contributed by atoms with Crippen LogP contribution in [0.2, 0.25) is 0 Å².